The highest BCUT2D eigenvalue weighted by molar-refractivity contribution is 5.91. The Morgan fingerprint density at radius 3 is 2.45 bits per heavy atom. The average molecular weight is 278 g/mol. The summed E-state index contributed by atoms with van der Waals surface area (Å²) in [7, 11) is 0. The predicted octanol–water partition coefficient (Wildman–Crippen LogP) is 2.96. The molecular formula is C15H22N2O3. The molecule has 0 aromatic heterocycles. The molecule has 0 radical (unpaired) electrons. The molecule has 0 heterocycles. The van der Waals surface area contributed by atoms with Gasteiger partial charge in [0.2, 0.25) is 0 Å². The Bertz CT molecular complexity index is 498. The maximum absolute atomic E-state index is 11.9. The number of carboxylic acid groups (broad SMARTS) is 1. The maximum atomic E-state index is 11.9. The van der Waals surface area contributed by atoms with Gasteiger partial charge in [-0.15, -0.1) is 0 Å². The van der Waals surface area contributed by atoms with Gasteiger partial charge in [-0.3, -0.25) is 4.79 Å². The van der Waals surface area contributed by atoms with Crippen molar-refractivity contribution in [2.24, 2.45) is 5.92 Å². The zero-order valence-electron chi connectivity index (χ0n) is 12.4. The van der Waals surface area contributed by atoms with Gasteiger partial charge in [-0.2, -0.15) is 0 Å². The molecule has 0 spiro atoms. The van der Waals surface area contributed by atoms with Crippen LogP contribution < -0.4 is 10.6 Å². The topological polar surface area (TPSA) is 78.4 Å². The van der Waals surface area contributed by atoms with Gasteiger partial charge in [-0.25, -0.2) is 4.79 Å². The lowest BCUT2D eigenvalue weighted by Crippen LogP contribution is -2.35. The van der Waals surface area contributed by atoms with E-state index in [0.717, 1.165) is 16.8 Å². The summed E-state index contributed by atoms with van der Waals surface area (Å²) in [6.45, 7) is 7.70. The van der Waals surface area contributed by atoms with Gasteiger partial charge in [0.25, 0.3) is 0 Å². The fourth-order valence-corrected chi connectivity index (χ4v) is 1.83. The molecule has 0 aliphatic carbocycles. The molecule has 1 aromatic rings. The van der Waals surface area contributed by atoms with Gasteiger partial charge in [0.15, 0.2) is 0 Å². The molecule has 1 atom stereocenters. The van der Waals surface area contributed by atoms with Crippen molar-refractivity contribution in [1.29, 1.82) is 0 Å². The van der Waals surface area contributed by atoms with Gasteiger partial charge >= 0.3 is 12.0 Å². The van der Waals surface area contributed by atoms with Crippen molar-refractivity contribution in [2.45, 2.75) is 33.6 Å². The number of carboxylic acids is 1. The summed E-state index contributed by atoms with van der Waals surface area (Å²) >= 11 is 0. The molecule has 110 valence electrons. The van der Waals surface area contributed by atoms with E-state index < -0.39 is 11.9 Å². The van der Waals surface area contributed by atoms with Crippen LogP contribution in [0.5, 0.6) is 0 Å². The lowest BCUT2D eigenvalue weighted by molar-refractivity contribution is -0.140. The highest BCUT2D eigenvalue weighted by atomic mass is 16.4. The molecular weight excluding hydrogens is 256 g/mol. The van der Waals surface area contributed by atoms with E-state index in [1.807, 2.05) is 25.1 Å². The van der Waals surface area contributed by atoms with Crippen LogP contribution in [0.3, 0.4) is 0 Å². The molecule has 0 aliphatic rings. The number of para-hydroxylation sites is 1. The predicted molar refractivity (Wildman–Crippen MR) is 79.1 cm³/mol. The molecule has 0 aliphatic heterocycles. The number of hydrogen-bond donors (Lipinski definition) is 3. The van der Waals surface area contributed by atoms with E-state index in [0.29, 0.717) is 5.92 Å². The van der Waals surface area contributed by atoms with Crippen LogP contribution in [0.1, 0.15) is 37.8 Å². The molecule has 1 aromatic carbocycles. The molecule has 5 heteroatoms. The Morgan fingerprint density at radius 1 is 1.25 bits per heavy atom. The Balaban J connectivity index is 2.73. The van der Waals surface area contributed by atoms with Crippen LogP contribution in [-0.4, -0.2) is 23.7 Å². The number of anilines is 1. The van der Waals surface area contributed by atoms with Gasteiger partial charge in [0.05, 0.1) is 5.92 Å². The summed E-state index contributed by atoms with van der Waals surface area (Å²) < 4.78 is 0. The SMILES string of the molecule is Cc1cccc(C(C)C)c1NC(=O)NCC(C)C(=O)O. The monoisotopic (exact) mass is 278 g/mol. The molecule has 0 bridgehead atoms. The van der Waals surface area contributed by atoms with Gasteiger partial charge < -0.3 is 15.7 Å². The lowest BCUT2D eigenvalue weighted by atomic mass is 9.98. The summed E-state index contributed by atoms with van der Waals surface area (Å²) in [5, 5.41) is 14.2. The maximum Gasteiger partial charge on any atom is 0.319 e. The molecule has 20 heavy (non-hydrogen) atoms. The van der Waals surface area contributed by atoms with Gasteiger partial charge in [-0.05, 0) is 24.0 Å². The number of amides is 2. The molecule has 3 N–H and O–H groups in total. The first kappa shape index (κ1) is 16.0. The second-order valence-electron chi connectivity index (χ2n) is 5.27. The van der Waals surface area contributed by atoms with E-state index in [9.17, 15) is 9.59 Å². The van der Waals surface area contributed by atoms with E-state index in [2.05, 4.69) is 24.5 Å². The molecule has 1 unspecified atom stereocenters. The normalized spacial score (nSPS) is 12.1. The Hall–Kier alpha value is -2.04. The smallest absolute Gasteiger partial charge is 0.319 e. The highest BCUT2D eigenvalue weighted by Crippen LogP contribution is 2.27. The molecule has 1 rings (SSSR count). The number of aliphatic carboxylic acids is 1. The third kappa shape index (κ3) is 4.26. The summed E-state index contributed by atoms with van der Waals surface area (Å²) in [5.74, 6) is -1.24. The van der Waals surface area contributed by atoms with Gasteiger partial charge in [-0.1, -0.05) is 39.0 Å². The summed E-state index contributed by atoms with van der Waals surface area (Å²) in [6, 6.07) is 5.49. The molecule has 5 nitrogen and oxygen atoms in total. The van der Waals surface area contributed by atoms with Crippen molar-refractivity contribution in [1.82, 2.24) is 5.32 Å². The standard InChI is InChI=1S/C15H22N2O3/c1-9(2)12-7-5-6-10(3)13(12)17-15(20)16-8-11(4)14(18)19/h5-7,9,11H,8H2,1-4H3,(H,18,19)(H2,16,17,20). The summed E-state index contributed by atoms with van der Waals surface area (Å²) in [4.78, 5) is 22.5. The summed E-state index contributed by atoms with van der Waals surface area (Å²) in [5.41, 5.74) is 2.84. The van der Waals surface area contributed by atoms with Crippen molar-refractivity contribution in [3.8, 4) is 0 Å². The first-order valence-corrected chi connectivity index (χ1v) is 6.70. The van der Waals surface area contributed by atoms with E-state index in [1.165, 1.54) is 0 Å². The Kier molecular flexibility index (Phi) is 5.55. The molecule has 0 saturated carbocycles. The minimum Gasteiger partial charge on any atom is -0.481 e. The summed E-state index contributed by atoms with van der Waals surface area (Å²) in [6.07, 6.45) is 0. The number of hydrogen-bond acceptors (Lipinski definition) is 2. The van der Waals surface area contributed by atoms with Gasteiger partial charge in [0, 0.05) is 12.2 Å². The van der Waals surface area contributed by atoms with Crippen molar-refractivity contribution in [3.05, 3.63) is 29.3 Å². The quantitative estimate of drug-likeness (QED) is 0.774. The number of nitrogens with one attached hydrogen (secondary N) is 2. The van der Waals surface area contributed by atoms with E-state index >= 15 is 0 Å². The number of aryl methyl sites for hydroxylation is 1. The lowest BCUT2D eigenvalue weighted by Gasteiger charge is -2.17. The average Bonchev–Trinajstić information content (AvgIpc) is 2.37. The van der Waals surface area contributed by atoms with Crippen LogP contribution >= 0.6 is 0 Å². The second kappa shape index (κ2) is 6.93. The van der Waals surface area contributed by atoms with Crippen LogP contribution in [0.2, 0.25) is 0 Å². The Morgan fingerprint density at radius 2 is 1.90 bits per heavy atom. The van der Waals surface area contributed by atoms with Crippen LogP contribution in [0.15, 0.2) is 18.2 Å². The number of carbonyl (C=O) groups excluding carboxylic acids is 1. The van der Waals surface area contributed by atoms with E-state index in [4.69, 9.17) is 5.11 Å². The molecule has 2 amide bonds. The van der Waals surface area contributed by atoms with Crippen molar-refractivity contribution >= 4 is 17.7 Å². The van der Waals surface area contributed by atoms with Crippen molar-refractivity contribution in [3.63, 3.8) is 0 Å². The van der Waals surface area contributed by atoms with Crippen LogP contribution in [0, 0.1) is 12.8 Å². The van der Waals surface area contributed by atoms with E-state index in [-0.39, 0.29) is 12.6 Å². The fraction of sp³-hybridized carbons (Fsp3) is 0.467. The minimum atomic E-state index is -0.927. The Labute approximate surface area is 119 Å². The zero-order chi connectivity index (χ0) is 15.3. The minimum absolute atomic E-state index is 0.101. The van der Waals surface area contributed by atoms with Crippen molar-refractivity contribution in [2.75, 3.05) is 11.9 Å². The van der Waals surface area contributed by atoms with Crippen LogP contribution in [-0.2, 0) is 4.79 Å². The van der Waals surface area contributed by atoms with Crippen molar-refractivity contribution < 1.29 is 14.7 Å². The number of rotatable bonds is 5. The molecule has 0 fully saturated rings. The zero-order valence-corrected chi connectivity index (χ0v) is 12.4. The fourth-order valence-electron chi connectivity index (χ4n) is 1.83. The molecule has 0 saturated heterocycles. The third-order valence-electron chi connectivity index (χ3n) is 3.16. The first-order valence-electron chi connectivity index (χ1n) is 6.70. The van der Waals surface area contributed by atoms with Crippen LogP contribution in [0.4, 0.5) is 10.5 Å². The van der Waals surface area contributed by atoms with Gasteiger partial charge in [0.1, 0.15) is 0 Å². The third-order valence-corrected chi connectivity index (χ3v) is 3.16. The van der Waals surface area contributed by atoms with Crippen LogP contribution in [0.25, 0.3) is 0 Å². The first-order chi connectivity index (χ1) is 9.32. The number of urea groups is 1. The highest BCUT2D eigenvalue weighted by Gasteiger charge is 2.14. The second-order valence-corrected chi connectivity index (χ2v) is 5.27. The number of carbonyl (C=O) groups is 2. The van der Waals surface area contributed by atoms with E-state index in [1.54, 1.807) is 6.92 Å². The number of benzene rings is 1. The largest absolute Gasteiger partial charge is 0.481 e.